The van der Waals surface area contributed by atoms with Gasteiger partial charge in [-0.2, -0.15) is 5.10 Å². The fourth-order valence-corrected chi connectivity index (χ4v) is 4.32. The van der Waals surface area contributed by atoms with Gasteiger partial charge in [0, 0.05) is 6.42 Å². The third kappa shape index (κ3) is 5.28. The highest BCUT2D eigenvalue weighted by Gasteiger charge is 2.33. The van der Waals surface area contributed by atoms with Crippen molar-refractivity contribution in [1.82, 2.24) is 5.01 Å². The molecule has 180 valence electrons. The number of fused-ring (bicyclic) bond motifs is 1. The number of nitrogens with zero attached hydrogens (tertiary/aromatic N) is 2. The van der Waals surface area contributed by atoms with Crippen molar-refractivity contribution in [2.24, 2.45) is 5.10 Å². The van der Waals surface area contributed by atoms with Gasteiger partial charge in [-0.1, -0.05) is 78.9 Å². The van der Waals surface area contributed by atoms with E-state index in [0.717, 1.165) is 33.2 Å². The minimum absolute atomic E-state index is 0.273. The molecule has 4 aromatic rings. The summed E-state index contributed by atoms with van der Waals surface area (Å²) in [4.78, 5) is 25.4. The fraction of sp³-hybridized carbons (Fsp3) is 0.167. The Morgan fingerprint density at radius 1 is 0.861 bits per heavy atom. The first-order valence-electron chi connectivity index (χ1n) is 11.9. The van der Waals surface area contributed by atoms with E-state index in [1.54, 1.807) is 6.07 Å². The molecular weight excluding hydrogens is 452 g/mol. The van der Waals surface area contributed by atoms with Crippen LogP contribution in [0.4, 0.5) is 0 Å². The number of esters is 1. The van der Waals surface area contributed by atoms with Crippen LogP contribution in [0, 0.1) is 6.92 Å². The van der Waals surface area contributed by atoms with E-state index in [9.17, 15) is 9.59 Å². The molecule has 0 aliphatic carbocycles. The van der Waals surface area contributed by atoms with E-state index in [0.29, 0.717) is 12.2 Å². The second-order valence-corrected chi connectivity index (χ2v) is 8.74. The fourth-order valence-electron chi connectivity index (χ4n) is 4.32. The number of hydrogen-bond acceptors (Lipinski definition) is 5. The van der Waals surface area contributed by atoms with Gasteiger partial charge in [-0.05, 0) is 52.6 Å². The molecule has 1 aliphatic heterocycles. The SMILES string of the molecule is Cc1cccc(OCC(=O)OCC(=O)N2N=C(c3ccc4ccccc4c3)CC2c2ccccc2)c1. The summed E-state index contributed by atoms with van der Waals surface area (Å²) in [7, 11) is 0. The quantitative estimate of drug-likeness (QED) is 0.331. The van der Waals surface area contributed by atoms with Crippen LogP contribution < -0.4 is 4.74 Å². The maximum Gasteiger partial charge on any atom is 0.344 e. The minimum Gasteiger partial charge on any atom is -0.482 e. The minimum atomic E-state index is -0.612. The molecule has 6 heteroatoms. The summed E-state index contributed by atoms with van der Waals surface area (Å²) in [6.07, 6.45) is 0.568. The molecule has 0 saturated carbocycles. The van der Waals surface area contributed by atoms with Gasteiger partial charge < -0.3 is 9.47 Å². The molecule has 6 nitrogen and oxygen atoms in total. The maximum absolute atomic E-state index is 13.1. The Morgan fingerprint density at radius 3 is 2.44 bits per heavy atom. The lowest BCUT2D eigenvalue weighted by Gasteiger charge is -2.21. The summed E-state index contributed by atoms with van der Waals surface area (Å²) in [5, 5.41) is 8.38. The Hall–Kier alpha value is -4.45. The number of hydrogen-bond donors (Lipinski definition) is 0. The second-order valence-electron chi connectivity index (χ2n) is 8.74. The maximum atomic E-state index is 13.1. The van der Waals surface area contributed by atoms with E-state index < -0.39 is 12.6 Å². The lowest BCUT2D eigenvalue weighted by atomic mass is 9.97. The number of rotatable bonds is 7. The molecule has 1 amide bonds. The summed E-state index contributed by atoms with van der Waals surface area (Å²) in [5.74, 6) is -0.422. The van der Waals surface area contributed by atoms with Crippen molar-refractivity contribution in [2.45, 2.75) is 19.4 Å². The van der Waals surface area contributed by atoms with Crippen LogP contribution >= 0.6 is 0 Å². The largest absolute Gasteiger partial charge is 0.482 e. The Bertz CT molecular complexity index is 1430. The molecule has 1 atom stereocenters. The molecule has 5 rings (SSSR count). The molecule has 1 heterocycles. The van der Waals surface area contributed by atoms with Crippen molar-refractivity contribution in [3.05, 3.63) is 114 Å². The highest BCUT2D eigenvalue weighted by Crippen LogP contribution is 2.33. The standard InChI is InChI=1S/C30H26N2O4/c1-21-8-7-13-26(16-21)35-20-30(34)36-19-29(33)32-28(23-10-3-2-4-11-23)18-27(31-32)25-15-14-22-9-5-6-12-24(22)17-25/h2-17,28H,18-20H2,1H3. The van der Waals surface area contributed by atoms with Crippen LogP contribution in [-0.4, -0.2) is 35.8 Å². The van der Waals surface area contributed by atoms with Crippen LogP contribution in [0.15, 0.2) is 102 Å². The second kappa shape index (κ2) is 10.4. The Labute approximate surface area is 209 Å². The molecule has 4 aromatic carbocycles. The zero-order valence-corrected chi connectivity index (χ0v) is 20.0. The monoisotopic (exact) mass is 478 g/mol. The van der Waals surface area contributed by atoms with Gasteiger partial charge in [-0.25, -0.2) is 9.80 Å². The zero-order valence-electron chi connectivity index (χ0n) is 20.0. The Kier molecular flexibility index (Phi) is 6.76. The Balaban J connectivity index is 1.30. The number of carbonyl (C=O) groups is 2. The molecule has 1 aliphatic rings. The normalized spacial score (nSPS) is 15.0. The van der Waals surface area contributed by atoms with Gasteiger partial charge in [0.1, 0.15) is 5.75 Å². The van der Waals surface area contributed by atoms with Gasteiger partial charge >= 0.3 is 5.97 Å². The molecule has 1 unspecified atom stereocenters. The third-order valence-corrected chi connectivity index (χ3v) is 6.14. The summed E-state index contributed by atoms with van der Waals surface area (Å²) < 4.78 is 10.7. The van der Waals surface area contributed by atoms with Crippen molar-refractivity contribution in [1.29, 1.82) is 0 Å². The molecule has 0 N–H and O–H groups in total. The van der Waals surface area contributed by atoms with Gasteiger partial charge in [0.25, 0.3) is 5.91 Å². The first kappa shape index (κ1) is 23.3. The van der Waals surface area contributed by atoms with Gasteiger partial charge in [0.05, 0.1) is 11.8 Å². The van der Waals surface area contributed by atoms with Gasteiger partial charge in [0.2, 0.25) is 0 Å². The molecule has 0 radical (unpaired) electrons. The van der Waals surface area contributed by atoms with E-state index in [4.69, 9.17) is 9.47 Å². The average Bonchev–Trinajstić information content (AvgIpc) is 3.37. The first-order valence-corrected chi connectivity index (χ1v) is 11.9. The number of hydrazone groups is 1. The number of benzene rings is 4. The zero-order chi connectivity index (χ0) is 24.9. The van der Waals surface area contributed by atoms with Crippen LogP contribution in [0.1, 0.15) is 29.2 Å². The third-order valence-electron chi connectivity index (χ3n) is 6.14. The van der Waals surface area contributed by atoms with Crippen molar-refractivity contribution >= 4 is 28.4 Å². The number of carbonyl (C=O) groups excluding carboxylic acids is 2. The predicted molar refractivity (Wildman–Crippen MR) is 139 cm³/mol. The number of amides is 1. The summed E-state index contributed by atoms with van der Waals surface area (Å²) in [6, 6.07) is 31.2. The summed E-state index contributed by atoms with van der Waals surface area (Å²) in [5.41, 5.74) is 3.78. The summed E-state index contributed by atoms with van der Waals surface area (Å²) in [6.45, 7) is 1.26. The highest BCUT2D eigenvalue weighted by molar-refractivity contribution is 6.05. The van der Waals surface area contributed by atoms with Crippen LogP contribution in [-0.2, 0) is 14.3 Å². The number of ether oxygens (including phenoxy) is 2. The molecule has 0 aromatic heterocycles. The van der Waals surface area contributed by atoms with E-state index in [-0.39, 0.29) is 18.6 Å². The van der Waals surface area contributed by atoms with Crippen LogP contribution in [0.25, 0.3) is 10.8 Å². The van der Waals surface area contributed by atoms with Crippen molar-refractivity contribution in [3.63, 3.8) is 0 Å². The molecule has 0 spiro atoms. The van der Waals surface area contributed by atoms with Crippen LogP contribution in [0.2, 0.25) is 0 Å². The topological polar surface area (TPSA) is 68.2 Å². The van der Waals surface area contributed by atoms with E-state index in [2.05, 4.69) is 29.4 Å². The van der Waals surface area contributed by atoms with E-state index >= 15 is 0 Å². The van der Waals surface area contributed by atoms with Gasteiger partial charge in [0.15, 0.2) is 13.2 Å². The van der Waals surface area contributed by atoms with Gasteiger partial charge in [-0.15, -0.1) is 0 Å². The van der Waals surface area contributed by atoms with Crippen LogP contribution in [0.5, 0.6) is 5.75 Å². The first-order chi connectivity index (χ1) is 17.6. The van der Waals surface area contributed by atoms with Crippen LogP contribution in [0.3, 0.4) is 0 Å². The lowest BCUT2D eigenvalue weighted by Crippen LogP contribution is -2.32. The van der Waals surface area contributed by atoms with E-state index in [1.807, 2.05) is 73.7 Å². The molecule has 0 bridgehead atoms. The molecule has 36 heavy (non-hydrogen) atoms. The Morgan fingerprint density at radius 2 is 1.64 bits per heavy atom. The van der Waals surface area contributed by atoms with Gasteiger partial charge in [-0.3, -0.25) is 4.79 Å². The molecular formula is C30H26N2O4. The number of aryl methyl sites for hydroxylation is 1. The highest BCUT2D eigenvalue weighted by atomic mass is 16.6. The average molecular weight is 479 g/mol. The van der Waals surface area contributed by atoms with E-state index in [1.165, 1.54) is 5.01 Å². The van der Waals surface area contributed by atoms with Crippen molar-refractivity contribution < 1.29 is 19.1 Å². The summed E-state index contributed by atoms with van der Waals surface area (Å²) >= 11 is 0. The smallest absolute Gasteiger partial charge is 0.344 e. The predicted octanol–water partition coefficient (Wildman–Crippen LogP) is 5.45. The molecule has 0 saturated heterocycles. The lowest BCUT2D eigenvalue weighted by molar-refractivity contribution is -0.154. The molecule has 0 fully saturated rings. The van der Waals surface area contributed by atoms with Crippen molar-refractivity contribution in [3.8, 4) is 5.75 Å². The van der Waals surface area contributed by atoms with Crippen molar-refractivity contribution in [2.75, 3.05) is 13.2 Å².